The van der Waals surface area contributed by atoms with E-state index in [-0.39, 0.29) is 22.6 Å². The van der Waals surface area contributed by atoms with Crippen LogP contribution in [0.4, 0.5) is 24.5 Å². The van der Waals surface area contributed by atoms with Gasteiger partial charge in [0.15, 0.2) is 0 Å². The minimum atomic E-state index is -4.56. The molecule has 0 bridgehead atoms. The second-order valence-electron chi connectivity index (χ2n) is 7.19. The van der Waals surface area contributed by atoms with Gasteiger partial charge in [0.25, 0.3) is 5.91 Å². The Kier molecular flexibility index (Phi) is 5.55. The summed E-state index contributed by atoms with van der Waals surface area (Å²) in [4.78, 5) is 26.4. The maximum Gasteiger partial charge on any atom is 0.416 e. The van der Waals surface area contributed by atoms with Gasteiger partial charge >= 0.3 is 6.18 Å². The number of nitrogen functional groups attached to an aromatic ring is 1. The lowest BCUT2D eigenvalue weighted by Crippen LogP contribution is -2.15. The number of halogens is 3. The van der Waals surface area contributed by atoms with Gasteiger partial charge in [0.05, 0.1) is 29.4 Å². The molecule has 0 saturated heterocycles. The van der Waals surface area contributed by atoms with E-state index in [1.807, 2.05) is 0 Å². The average molecular weight is 453 g/mol. The van der Waals surface area contributed by atoms with Crippen molar-refractivity contribution in [1.82, 2.24) is 4.40 Å². The number of ketones is 1. The second kappa shape index (κ2) is 8.34. The number of fused-ring (bicyclic) bond motifs is 1. The van der Waals surface area contributed by atoms with Crippen LogP contribution in [0.15, 0.2) is 72.9 Å². The number of carbonyl (C=O) groups excluding carboxylic acids is 2. The van der Waals surface area contributed by atoms with Crippen LogP contribution in [-0.4, -0.2) is 23.2 Å². The monoisotopic (exact) mass is 453 g/mol. The topological polar surface area (TPSA) is 85.8 Å². The van der Waals surface area contributed by atoms with Crippen molar-refractivity contribution in [3.8, 4) is 5.75 Å². The molecule has 0 unspecified atom stereocenters. The van der Waals surface area contributed by atoms with Crippen molar-refractivity contribution in [2.45, 2.75) is 6.18 Å². The number of amides is 1. The highest BCUT2D eigenvalue weighted by molar-refractivity contribution is 6.20. The summed E-state index contributed by atoms with van der Waals surface area (Å²) >= 11 is 0. The number of nitrogens with one attached hydrogen (secondary N) is 1. The molecule has 6 nitrogen and oxygen atoms in total. The number of benzene rings is 2. The van der Waals surface area contributed by atoms with Crippen molar-refractivity contribution in [3.63, 3.8) is 0 Å². The fraction of sp³-hybridized carbons (Fsp3) is 0.0833. The van der Waals surface area contributed by atoms with Crippen LogP contribution in [0, 0.1) is 0 Å². The number of anilines is 2. The third-order valence-electron chi connectivity index (χ3n) is 5.10. The molecule has 33 heavy (non-hydrogen) atoms. The van der Waals surface area contributed by atoms with Gasteiger partial charge in [-0.1, -0.05) is 24.3 Å². The molecule has 0 aliphatic heterocycles. The standard InChI is InChI=1S/C24H18F3N3O3/c1-33-17-9-4-6-14(12-17)22(31)21-20(28)19(18-10-2-3-11-30(18)21)23(32)29-16-8-5-7-15(13-16)24(25,26)27/h2-13H,28H2,1H3,(H,29,32). The molecule has 168 valence electrons. The van der Waals surface area contributed by atoms with Gasteiger partial charge in [0.2, 0.25) is 5.78 Å². The maximum absolute atomic E-state index is 13.3. The van der Waals surface area contributed by atoms with Crippen molar-refractivity contribution < 1.29 is 27.5 Å². The van der Waals surface area contributed by atoms with E-state index < -0.39 is 23.4 Å². The number of pyridine rings is 1. The molecular weight excluding hydrogens is 435 g/mol. The summed E-state index contributed by atoms with van der Waals surface area (Å²) < 4.78 is 45.7. The summed E-state index contributed by atoms with van der Waals surface area (Å²) in [5.74, 6) is -0.700. The average Bonchev–Trinajstić information content (AvgIpc) is 3.10. The van der Waals surface area contributed by atoms with E-state index in [4.69, 9.17) is 10.5 Å². The number of hydrogen-bond donors (Lipinski definition) is 2. The largest absolute Gasteiger partial charge is 0.497 e. The lowest BCUT2D eigenvalue weighted by atomic mass is 10.1. The zero-order valence-corrected chi connectivity index (χ0v) is 17.3. The third-order valence-corrected chi connectivity index (χ3v) is 5.10. The summed E-state index contributed by atoms with van der Waals surface area (Å²) in [5, 5.41) is 2.45. The Morgan fingerprint density at radius 3 is 2.48 bits per heavy atom. The zero-order valence-electron chi connectivity index (χ0n) is 17.3. The van der Waals surface area contributed by atoms with Crippen LogP contribution >= 0.6 is 0 Å². The van der Waals surface area contributed by atoms with E-state index in [0.717, 1.165) is 12.1 Å². The minimum Gasteiger partial charge on any atom is -0.497 e. The van der Waals surface area contributed by atoms with Gasteiger partial charge in [-0.15, -0.1) is 0 Å². The van der Waals surface area contributed by atoms with Crippen molar-refractivity contribution >= 4 is 28.6 Å². The predicted molar refractivity (Wildman–Crippen MR) is 118 cm³/mol. The van der Waals surface area contributed by atoms with E-state index in [9.17, 15) is 22.8 Å². The van der Waals surface area contributed by atoms with E-state index in [0.29, 0.717) is 16.8 Å². The van der Waals surface area contributed by atoms with E-state index in [2.05, 4.69) is 5.32 Å². The molecule has 0 atom stereocenters. The fourth-order valence-electron chi connectivity index (χ4n) is 3.57. The van der Waals surface area contributed by atoms with Crippen LogP contribution in [0.3, 0.4) is 0 Å². The van der Waals surface area contributed by atoms with Crippen molar-refractivity contribution in [3.05, 3.63) is 95.3 Å². The highest BCUT2D eigenvalue weighted by atomic mass is 19.4. The Hall–Kier alpha value is -4.27. The SMILES string of the molecule is COc1cccc(C(=O)c2c(N)c(C(=O)Nc3cccc(C(F)(F)F)c3)c3ccccn23)c1. The third kappa shape index (κ3) is 4.12. The Bertz CT molecular complexity index is 1380. The lowest BCUT2D eigenvalue weighted by Gasteiger charge is -2.10. The number of nitrogens with zero attached hydrogens (tertiary/aromatic N) is 1. The number of aromatic nitrogens is 1. The molecule has 1 amide bonds. The quantitative estimate of drug-likeness (QED) is 0.415. The number of methoxy groups -OCH3 is 1. The van der Waals surface area contributed by atoms with Crippen molar-refractivity contribution in [1.29, 1.82) is 0 Å². The fourth-order valence-corrected chi connectivity index (χ4v) is 3.57. The number of carbonyl (C=O) groups is 2. The smallest absolute Gasteiger partial charge is 0.416 e. The van der Waals surface area contributed by atoms with Crippen LogP contribution in [0.2, 0.25) is 0 Å². The first-order valence-electron chi connectivity index (χ1n) is 9.76. The number of rotatable bonds is 5. The van der Waals surface area contributed by atoms with Gasteiger partial charge in [-0.2, -0.15) is 13.2 Å². The molecule has 2 heterocycles. The molecule has 0 saturated carbocycles. The van der Waals surface area contributed by atoms with Crippen LogP contribution in [0.5, 0.6) is 5.75 Å². The Labute approximate surface area is 186 Å². The molecule has 4 rings (SSSR count). The molecule has 3 N–H and O–H groups in total. The van der Waals surface area contributed by atoms with Gasteiger partial charge < -0.3 is 20.2 Å². The molecule has 9 heteroatoms. The predicted octanol–water partition coefficient (Wildman–Crippen LogP) is 5.03. The number of ether oxygens (including phenoxy) is 1. The van der Waals surface area contributed by atoms with Gasteiger partial charge in [-0.25, -0.2) is 0 Å². The summed E-state index contributed by atoms with van der Waals surface area (Å²) in [6.45, 7) is 0. The molecule has 0 aliphatic carbocycles. The number of hydrogen-bond acceptors (Lipinski definition) is 4. The summed E-state index contributed by atoms with van der Waals surface area (Å²) in [6, 6.07) is 15.7. The minimum absolute atomic E-state index is 0.0146. The molecule has 0 fully saturated rings. The van der Waals surface area contributed by atoms with E-state index >= 15 is 0 Å². The van der Waals surface area contributed by atoms with Gasteiger partial charge in [0, 0.05) is 17.4 Å². The molecule has 2 aromatic heterocycles. The molecule has 0 spiro atoms. The van der Waals surface area contributed by atoms with Gasteiger partial charge in [-0.05, 0) is 42.5 Å². The normalized spacial score (nSPS) is 11.4. The lowest BCUT2D eigenvalue weighted by molar-refractivity contribution is -0.137. The maximum atomic E-state index is 13.3. The van der Waals surface area contributed by atoms with E-state index in [1.54, 1.807) is 48.7 Å². The number of nitrogens with two attached hydrogens (primary N) is 1. The summed E-state index contributed by atoms with van der Waals surface area (Å²) in [6.07, 6.45) is -2.97. The van der Waals surface area contributed by atoms with Crippen molar-refractivity contribution in [2.24, 2.45) is 0 Å². The molecular formula is C24H18F3N3O3. The Balaban J connectivity index is 1.77. The highest BCUT2D eigenvalue weighted by Crippen LogP contribution is 2.32. The highest BCUT2D eigenvalue weighted by Gasteiger charge is 2.31. The Morgan fingerprint density at radius 2 is 1.76 bits per heavy atom. The summed E-state index contributed by atoms with van der Waals surface area (Å²) in [5.41, 5.74) is 5.92. The first kappa shape index (κ1) is 21.9. The molecule has 2 aromatic carbocycles. The Morgan fingerprint density at radius 1 is 1.00 bits per heavy atom. The van der Waals surface area contributed by atoms with Gasteiger partial charge in [0.1, 0.15) is 11.4 Å². The van der Waals surface area contributed by atoms with Crippen LogP contribution in [-0.2, 0) is 6.18 Å². The second-order valence-corrected chi connectivity index (χ2v) is 7.19. The number of alkyl halides is 3. The first-order valence-corrected chi connectivity index (χ1v) is 9.76. The summed E-state index contributed by atoms with van der Waals surface area (Å²) in [7, 11) is 1.47. The van der Waals surface area contributed by atoms with Crippen molar-refractivity contribution in [2.75, 3.05) is 18.2 Å². The molecule has 0 aliphatic rings. The van der Waals surface area contributed by atoms with Gasteiger partial charge in [-0.3, -0.25) is 9.59 Å². The first-order chi connectivity index (χ1) is 15.7. The van der Waals surface area contributed by atoms with Crippen LogP contribution < -0.4 is 15.8 Å². The zero-order chi connectivity index (χ0) is 23.8. The van der Waals surface area contributed by atoms with Crippen LogP contribution in [0.25, 0.3) is 5.52 Å². The molecule has 0 radical (unpaired) electrons. The van der Waals surface area contributed by atoms with Crippen LogP contribution in [0.1, 0.15) is 32.0 Å². The molecule has 4 aromatic rings. The van der Waals surface area contributed by atoms with E-state index in [1.165, 1.54) is 23.6 Å².